The minimum atomic E-state index is -0.186. The molecular formula is C22H22ClN3O3. The van der Waals surface area contributed by atoms with Crippen LogP contribution in [0, 0.1) is 6.92 Å². The maximum Gasteiger partial charge on any atom is 0.257 e. The van der Waals surface area contributed by atoms with Gasteiger partial charge >= 0.3 is 0 Å². The van der Waals surface area contributed by atoms with Crippen molar-refractivity contribution in [2.45, 2.75) is 19.9 Å². The van der Waals surface area contributed by atoms with Gasteiger partial charge in [0.15, 0.2) is 12.4 Å². The van der Waals surface area contributed by atoms with Gasteiger partial charge in [-0.25, -0.2) is 4.98 Å². The molecule has 29 heavy (non-hydrogen) atoms. The lowest BCUT2D eigenvalue weighted by atomic mass is 10.0. The van der Waals surface area contributed by atoms with Crippen LogP contribution in [0.15, 0.2) is 60.9 Å². The zero-order valence-electron chi connectivity index (χ0n) is 16.1. The topological polar surface area (TPSA) is 73.2 Å². The molecule has 1 heterocycles. The third kappa shape index (κ3) is 5.93. The number of aryl methyl sites for hydroxylation is 2. The molecule has 0 aliphatic rings. The Morgan fingerprint density at radius 3 is 2.34 bits per heavy atom. The second kappa shape index (κ2) is 9.89. The van der Waals surface area contributed by atoms with Crippen molar-refractivity contribution in [1.29, 1.82) is 0 Å². The minimum absolute atomic E-state index is 0.0748. The molecule has 3 aromatic rings. The summed E-state index contributed by atoms with van der Waals surface area (Å²) in [5.74, 6) is 1.20. The predicted octanol–water partition coefficient (Wildman–Crippen LogP) is 3.66. The second-order valence-corrected chi connectivity index (χ2v) is 6.96. The van der Waals surface area contributed by atoms with E-state index in [1.165, 1.54) is 0 Å². The number of ether oxygens (including phenoxy) is 1. The van der Waals surface area contributed by atoms with Gasteiger partial charge in [0, 0.05) is 41.6 Å². The molecule has 0 radical (unpaired) electrons. The number of halogens is 1. The van der Waals surface area contributed by atoms with Crippen LogP contribution in [0.5, 0.6) is 5.75 Å². The molecule has 1 amide bonds. The number of nitrogens with one attached hydrogen (secondary N) is 1. The summed E-state index contributed by atoms with van der Waals surface area (Å²) in [4.78, 5) is 28.5. The highest BCUT2D eigenvalue weighted by atomic mass is 35.5. The molecule has 7 heteroatoms. The van der Waals surface area contributed by atoms with Gasteiger partial charge in [0.1, 0.15) is 11.6 Å². The van der Waals surface area contributed by atoms with E-state index in [4.69, 9.17) is 16.3 Å². The van der Waals surface area contributed by atoms with E-state index in [-0.39, 0.29) is 18.3 Å². The van der Waals surface area contributed by atoms with Crippen LogP contribution in [0.25, 0.3) is 0 Å². The van der Waals surface area contributed by atoms with E-state index in [0.29, 0.717) is 28.4 Å². The summed E-state index contributed by atoms with van der Waals surface area (Å²) in [6, 6.07) is 13.5. The Morgan fingerprint density at radius 1 is 1.07 bits per heavy atom. The highest BCUT2D eigenvalue weighted by Gasteiger charge is 2.09. The van der Waals surface area contributed by atoms with Crippen LogP contribution in [0.2, 0.25) is 5.02 Å². The first kappa shape index (κ1) is 20.6. The minimum Gasteiger partial charge on any atom is -0.484 e. The fourth-order valence-electron chi connectivity index (χ4n) is 2.79. The first-order valence-electron chi connectivity index (χ1n) is 9.30. The van der Waals surface area contributed by atoms with Crippen molar-refractivity contribution in [2.75, 3.05) is 13.2 Å². The SMILES string of the molecule is Cc1nccn1CCCNC(=O)COc1ccc(C(=O)c2ccc(Cl)cc2)cc1. The van der Waals surface area contributed by atoms with E-state index >= 15 is 0 Å². The van der Waals surface area contributed by atoms with E-state index in [9.17, 15) is 9.59 Å². The number of benzene rings is 2. The number of hydrogen-bond acceptors (Lipinski definition) is 4. The molecule has 2 aromatic carbocycles. The standard InChI is InChI=1S/C22H22ClN3O3/c1-16-24-12-14-26(16)13-2-11-25-21(27)15-29-20-9-5-18(6-10-20)22(28)17-3-7-19(23)8-4-17/h3-10,12,14H,2,11,13,15H2,1H3,(H,25,27). The Balaban J connectivity index is 1.41. The second-order valence-electron chi connectivity index (χ2n) is 6.52. The molecule has 1 aromatic heterocycles. The van der Waals surface area contributed by atoms with Crippen molar-refractivity contribution in [2.24, 2.45) is 0 Å². The van der Waals surface area contributed by atoms with Gasteiger partial charge in [-0.15, -0.1) is 0 Å². The molecule has 150 valence electrons. The van der Waals surface area contributed by atoms with Crippen LogP contribution in [0.4, 0.5) is 0 Å². The Morgan fingerprint density at radius 2 is 1.72 bits per heavy atom. The number of hydrogen-bond donors (Lipinski definition) is 1. The lowest BCUT2D eigenvalue weighted by Gasteiger charge is -2.09. The third-order valence-electron chi connectivity index (χ3n) is 4.41. The van der Waals surface area contributed by atoms with Gasteiger partial charge in [-0.05, 0) is 61.9 Å². The Labute approximate surface area is 174 Å². The predicted molar refractivity (Wildman–Crippen MR) is 111 cm³/mol. The van der Waals surface area contributed by atoms with Crippen LogP contribution in [0.1, 0.15) is 28.2 Å². The molecule has 0 saturated heterocycles. The van der Waals surface area contributed by atoms with Gasteiger partial charge < -0.3 is 14.6 Å². The first-order valence-corrected chi connectivity index (χ1v) is 9.68. The van der Waals surface area contributed by atoms with Crippen molar-refractivity contribution in [3.8, 4) is 5.75 Å². The molecule has 0 aliphatic heterocycles. The first-order chi connectivity index (χ1) is 14.0. The van der Waals surface area contributed by atoms with Crippen molar-refractivity contribution in [3.63, 3.8) is 0 Å². The molecule has 0 saturated carbocycles. The average Bonchev–Trinajstić information content (AvgIpc) is 3.15. The lowest BCUT2D eigenvalue weighted by molar-refractivity contribution is -0.123. The summed E-state index contributed by atoms with van der Waals surface area (Å²) in [6.07, 6.45) is 4.49. The molecule has 0 bridgehead atoms. The molecule has 0 aliphatic carbocycles. The Bertz CT molecular complexity index is 966. The molecule has 1 N–H and O–H groups in total. The zero-order chi connectivity index (χ0) is 20.6. The average molecular weight is 412 g/mol. The van der Waals surface area contributed by atoms with Crippen LogP contribution in [-0.2, 0) is 11.3 Å². The summed E-state index contributed by atoms with van der Waals surface area (Å²) >= 11 is 5.85. The van der Waals surface area contributed by atoms with Gasteiger partial charge in [-0.1, -0.05) is 11.6 Å². The van der Waals surface area contributed by atoms with Crippen molar-refractivity contribution >= 4 is 23.3 Å². The largest absolute Gasteiger partial charge is 0.484 e. The van der Waals surface area contributed by atoms with Crippen LogP contribution < -0.4 is 10.1 Å². The number of aromatic nitrogens is 2. The van der Waals surface area contributed by atoms with Gasteiger partial charge in [-0.3, -0.25) is 9.59 Å². The maximum atomic E-state index is 12.4. The van der Waals surface area contributed by atoms with Crippen LogP contribution in [-0.4, -0.2) is 34.4 Å². The number of carbonyl (C=O) groups excluding carboxylic acids is 2. The van der Waals surface area contributed by atoms with E-state index in [1.54, 1.807) is 54.7 Å². The number of ketones is 1. The van der Waals surface area contributed by atoms with Gasteiger partial charge in [0.05, 0.1) is 0 Å². The fraction of sp³-hybridized carbons (Fsp3) is 0.227. The quantitative estimate of drug-likeness (QED) is 0.430. The van der Waals surface area contributed by atoms with Gasteiger partial charge in [0.2, 0.25) is 0 Å². The van der Waals surface area contributed by atoms with E-state index in [2.05, 4.69) is 10.3 Å². The molecule has 6 nitrogen and oxygen atoms in total. The fourth-order valence-corrected chi connectivity index (χ4v) is 2.91. The number of amides is 1. The van der Waals surface area contributed by atoms with Crippen molar-refractivity contribution < 1.29 is 14.3 Å². The molecule has 0 spiro atoms. The van der Waals surface area contributed by atoms with Crippen molar-refractivity contribution in [3.05, 3.63) is 82.9 Å². The number of imidazole rings is 1. The van der Waals surface area contributed by atoms with Crippen molar-refractivity contribution in [1.82, 2.24) is 14.9 Å². The molecule has 0 fully saturated rings. The number of rotatable bonds is 9. The third-order valence-corrected chi connectivity index (χ3v) is 4.67. The van der Waals surface area contributed by atoms with E-state index in [0.717, 1.165) is 18.8 Å². The number of nitrogens with zero attached hydrogens (tertiary/aromatic N) is 2. The maximum absolute atomic E-state index is 12.4. The normalized spacial score (nSPS) is 10.6. The number of carbonyl (C=O) groups is 2. The molecule has 0 atom stereocenters. The summed E-state index contributed by atoms with van der Waals surface area (Å²) in [5.41, 5.74) is 1.10. The monoisotopic (exact) mass is 411 g/mol. The lowest BCUT2D eigenvalue weighted by Crippen LogP contribution is -2.30. The summed E-state index contributed by atoms with van der Waals surface area (Å²) in [6.45, 7) is 3.24. The van der Waals surface area contributed by atoms with Crippen LogP contribution >= 0.6 is 11.6 Å². The zero-order valence-corrected chi connectivity index (χ0v) is 16.9. The highest BCUT2D eigenvalue weighted by Crippen LogP contribution is 2.17. The smallest absolute Gasteiger partial charge is 0.257 e. The summed E-state index contributed by atoms with van der Waals surface area (Å²) in [5, 5.41) is 3.41. The van der Waals surface area contributed by atoms with Gasteiger partial charge in [-0.2, -0.15) is 0 Å². The van der Waals surface area contributed by atoms with E-state index in [1.807, 2.05) is 17.7 Å². The van der Waals surface area contributed by atoms with Gasteiger partial charge in [0.25, 0.3) is 5.91 Å². The molecular weight excluding hydrogens is 390 g/mol. The Kier molecular flexibility index (Phi) is 7.03. The molecule has 0 unspecified atom stereocenters. The Hall–Kier alpha value is -3.12. The van der Waals surface area contributed by atoms with Crippen LogP contribution in [0.3, 0.4) is 0 Å². The molecule has 3 rings (SSSR count). The summed E-state index contributed by atoms with van der Waals surface area (Å²) < 4.78 is 7.53. The summed E-state index contributed by atoms with van der Waals surface area (Å²) in [7, 11) is 0. The highest BCUT2D eigenvalue weighted by molar-refractivity contribution is 6.30. The van der Waals surface area contributed by atoms with E-state index < -0.39 is 0 Å².